The van der Waals surface area contributed by atoms with E-state index >= 15 is 0 Å². The molecule has 24 heteroatoms. The van der Waals surface area contributed by atoms with Crippen LogP contribution in [0.5, 0.6) is 0 Å². The molecular formula is C29H41N11O10S3. The van der Waals surface area contributed by atoms with Gasteiger partial charge in [0.25, 0.3) is 11.8 Å². The number of ether oxygens (including phenoxy) is 3. The molecule has 1 fully saturated rings. The number of nitrogens with two attached hydrogens (primary N) is 1. The number of nitrogens with one attached hydrogen (secondary N) is 2. The number of oxime groups is 1. The smallest absolute Gasteiger partial charge is 0.407 e. The topological polar surface area (TPSA) is 278 Å². The highest BCUT2D eigenvalue weighted by molar-refractivity contribution is 8.01. The molecule has 0 bridgehead atoms. The van der Waals surface area contributed by atoms with Gasteiger partial charge in [0, 0.05) is 36.0 Å². The van der Waals surface area contributed by atoms with Gasteiger partial charge in [0.15, 0.2) is 5.13 Å². The predicted octanol–water partition coefficient (Wildman–Crippen LogP) is 0.271. The predicted molar refractivity (Wildman–Crippen MR) is 190 cm³/mol. The first-order valence-corrected chi connectivity index (χ1v) is 18.9. The lowest BCUT2D eigenvalue weighted by molar-refractivity contribution is -0.173. The number of aliphatic hydroxyl groups is 1. The Kier molecular flexibility index (Phi) is 14.0. The van der Waals surface area contributed by atoms with Crippen molar-refractivity contribution in [2.45, 2.75) is 76.7 Å². The summed E-state index contributed by atoms with van der Waals surface area (Å²) in [6.07, 6.45) is -0.277. The van der Waals surface area contributed by atoms with E-state index in [1.165, 1.54) is 33.1 Å². The molecule has 3 amide bonds. The molecule has 2 aromatic heterocycles. The van der Waals surface area contributed by atoms with Crippen molar-refractivity contribution in [1.82, 2.24) is 45.1 Å². The summed E-state index contributed by atoms with van der Waals surface area (Å²) in [6.45, 7) is 9.61. The summed E-state index contributed by atoms with van der Waals surface area (Å²) in [5, 5.41) is 29.5. The summed E-state index contributed by atoms with van der Waals surface area (Å²) >= 11 is 3.29. The summed E-state index contributed by atoms with van der Waals surface area (Å²) < 4.78 is 21.0. The van der Waals surface area contributed by atoms with Crippen LogP contribution in [-0.4, -0.2) is 130 Å². The van der Waals surface area contributed by atoms with Gasteiger partial charge in [0.05, 0.1) is 18.6 Å². The van der Waals surface area contributed by atoms with Crippen molar-refractivity contribution in [2.24, 2.45) is 10.6 Å². The van der Waals surface area contributed by atoms with E-state index in [1.54, 1.807) is 41.5 Å². The van der Waals surface area contributed by atoms with Crippen molar-refractivity contribution >= 4 is 75.7 Å². The number of carbonyl (C=O) groups is 5. The van der Waals surface area contributed by atoms with Gasteiger partial charge in [-0.25, -0.2) is 14.3 Å². The molecule has 1 unspecified atom stereocenters. The summed E-state index contributed by atoms with van der Waals surface area (Å²) in [5.74, 6) is -2.70. The summed E-state index contributed by atoms with van der Waals surface area (Å²) in [6, 6.07) is -1.10. The largest absolute Gasteiger partial charge is 0.444 e. The number of carbonyl (C=O) groups excluding carboxylic acids is 5. The number of anilines is 1. The first kappa shape index (κ1) is 41.2. The minimum Gasteiger partial charge on any atom is -0.444 e. The maximum Gasteiger partial charge on any atom is 0.407 e. The van der Waals surface area contributed by atoms with E-state index in [9.17, 15) is 29.1 Å². The monoisotopic (exact) mass is 799 g/mol. The van der Waals surface area contributed by atoms with E-state index in [0.29, 0.717) is 17.2 Å². The first-order valence-electron chi connectivity index (χ1n) is 16.1. The molecule has 0 aromatic carbocycles. The number of rotatable bonds is 16. The zero-order valence-corrected chi connectivity index (χ0v) is 32.3. The molecule has 0 saturated carbocycles. The number of β-lactam (4-membered cyclic amide) rings is 1. The second kappa shape index (κ2) is 18.0. The van der Waals surface area contributed by atoms with Gasteiger partial charge in [0.2, 0.25) is 23.5 Å². The summed E-state index contributed by atoms with van der Waals surface area (Å²) in [5.41, 5.74) is 4.32. The molecule has 2 atom stereocenters. The highest BCUT2D eigenvalue weighted by Gasteiger charge is 2.55. The van der Waals surface area contributed by atoms with Gasteiger partial charge in [0.1, 0.15) is 29.3 Å². The average Bonchev–Trinajstić information content (AvgIpc) is 3.72. The first-order chi connectivity index (χ1) is 25.0. The van der Waals surface area contributed by atoms with E-state index in [4.69, 9.17) is 24.8 Å². The lowest BCUT2D eigenvalue weighted by Crippen LogP contribution is -2.71. The zero-order valence-electron chi connectivity index (χ0n) is 29.8. The number of thioether (sulfide) groups is 2. The lowest BCUT2D eigenvalue weighted by Gasteiger charge is -2.49. The molecule has 53 heavy (non-hydrogen) atoms. The fourth-order valence-corrected chi connectivity index (χ4v) is 7.19. The molecular weight excluding hydrogens is 759 g/mol. The number of tetrazole rings is 1. The van der Waals surface area contributed by atoms with E-state index in [0.717, 1.165) is 11.5 Å². The SMILES string of the molecule is CC(C)(C)OC(=O)NCCCON=C(C(=O)NC1C(=O)N2C(C(=O)OCOC(=O)C(C)(C)C)=C(CSc3nnnn3CCO)CS[C@H]12)c1nsc(N)n1. The maximum absolute atomic E-state index is 13.6. The van der Waals surface area contributed by atoms with Crippen molar-refractivity contribution in [3.8, 4) is 0 Å². The number of hydrogen-bond acceptors (Lipinski definition) is 20. The molecule has 2 aliphatic heterocycles. The molecule has 1 saturated heterocycles. The molecule has 0 spiro atoms. The Labute approximate surface area is 316 Å². The standard InChI is InChI=1S/C29H41N11O10S3/c1-28(2,3)24(45)48-14-47-23(44)18-15(13-52-26-34-37-38-39(26)9-10-41)12-51-22-17(21(43)40(18)22)32-20(42)16(19-33-25(30)53-36-19)35-49-11-7-8-31-27(46)50-29(4,5)6/h17,22,41H,7-14H2,1-6H3,(H,31,46)(H,32,42)(H2,30,33,36)/t17?,22-/m1/s1. The van der Waals surface area contributed by atoms with Crippen molar-refractivity contribution in [3.05, 3.63) is 17.1 Å². The second-order valence-corrected chi connectivity index (χ2v) is 16.1. The molecule has 21 nitrogen and oxygen atoms in total. The molecule has 2 aromatic rings. The van der Waals surface area contributed by atoms with Crippen LogP contribution in [0.1, 0.15) is 53.8 Å². The Morgan fingerprint density at radius 3 is 2.57 bits per heavy atom. The fraction of sp³-hybridized carbons (Fsp3) is 0.621. The zero-order chi connectivity index (χ0) is 38.9. The number of aliphatic hydroxyl groups excluding tert-OH is 1. The Bertz CT molecular complexity index is 1730. The molecule has 4 rings (SSSR count). The van der Waals surface area contributed by atoms with Crippen molar-refractivity contribution < 1.29 is 48.1 Å². The van der Waals surface area contributed by atoms with E-state index in [-0.39, 0.29) is 60.2 Å². The summed E-state index contributed by atoms with van der Waals surface area (Å²) in [7, 11) is 0. The molecule has 5 N–H and O–H groups in total. The number of nitrogens with zero attached hydrogens (tertiary/aromatic N) is 8. The number of hydrogen-bond donors (Lipinski definition) is 4. The van der Waals surface area contributed by atoms with Crippen molar-refractivity contribution in [2.75, 3.05) is 43.8 Å². The highest BCUT2D eigenvalue weighted by atomic mass is 32.2. The number of nitrogen functional groups attached to an aromatic ring is 1. The van der Waals surface area contributed by atoms with Crippen molar-refractivity contribution in [1.29, 1.82) is 0 Å². The molecule has 290 valence electrons. The number of esters is 2. The lowest BCUT2D eigenvalue weighted by atomic mass is 9.98. The van der Waals surface area contributed by atoms with Gasteiger partial charge in [-0.05, 0) is 57.5 Å². The second-order valence-electron chi connectivity index (χ2n) is 13.3. The average molecular weight is 800 g/mol. The van der Waals surface area contributed by atoms with Crippen LogP contribution in [0.3, 0.4) is 0 Å². The Morgan fingerprint density at radius 1 is 1.15 bits per heavy atom. The molecule has 0 radical (unpaired) electrons. The number of aromatic nitrogens is 6. The minimum absolute atomic E-state index is 0.00466. The van der Waals surface area contributed by atoms with E-state index in [1.807, 2.05) is 0 Å². The van der Waals surface area contributed by atoms with Crippen LogP contribution >= 0.6 is 35.1 Å². The normalized spacial score (nSPS) is 17.5. The van der Waals surface area contributed by atoms with Gasteiger partial charge in [-0.2, -0.15) is 9.36 Å². The van der Waals surface area contributed by atoms with Gasteiger partial charge < -0.3 is 40.5 Å². The third-order valence-corrected chi connectivity index (χ3v) is 9.74. The van der Waals surface area contributed by atoms with Crippen LogP contribution in [0.2, 0.25) is 0 Å². The van der Waals surface area contributed by atoms with Crippen LogP contribution in [0.15, 0.2) is 21.6 Å². The van der Waals surface area contributed by atoms with Gasteiger partial charge >= 0.3 is 18.0 Å². The van der Waals surface area contributed by atoms with Crippen LogP contribution in [0.25, 0.3) is 0 Å². The highest BCUT2D eigenvalue weighted by Crippen LogP contribution is 2.42. The number of alkyl carbamates (subject to hydrolysis) is 1. The van der Waals surface area contributed by atoms with Crippen LogP contribution < -0.4 is 16.4 Å². The van der Waals surface area contributed by atoms with E-state index < -0.39 is 59.1 Å². The number of fused-ring (bicyclic) bond motifs is 1. The molecule has 4 heterocycles. The summed E-state index contributed by atoms with van der Waals surface area (Å²) in [4.78, 5) is 75.3. The van der Waals surface area contributed by atoms with Crippen molar-refractivity contribution in [3.63, 3.8) is 0 Å². The molecule has 2 aliphatic rings. The van der Waals surface area contributed by atoms with Gasteiger partial charge in [-0.1, -0.05) is 16.9 Å². The third kappa shape index (κ3) is 11.2. The van der Waals surface area contributed by atoms with Crippen LogP contribution in [0, 0.1) is 5.41 Å². The van der Waals surface area contributed by atoms with Gasteiger partial charge in [-0.15, -0.1) is 16.9 Å². The Hall–Kier alpha value is -4.55. The number of amides is 3. The third-order valence-electron chi connectivity index (χ3n) is 6.81. The minimum atomic E-state index is -1.10. The Balaban J connectivity index is 1.46. The molecule has 0 aliphatic carbocycles. The van der Waals surface area contributed by atoms with E-state index in [2.05, 4.69) is 40.7 Å². The fourth-order valence-electron chi connectivity index (χ4n) is 4.37. The van der Waals surface area contributed by atoms with Crippen LogP contribution in [0.4, 0.5) is 9.93 Å². The van der Waals surface area contributed by atoms with Crippen LogP contribution in [-0.2, 0) is 44.8 Å². The quantitative estimate of drug-likeness (QED) is 0.0337. The Morgan fingerprint density at radius 2 is 1.91 bits per heavy atom. The maximum atomic E-state index is 13.6. The van der Waals surface area contributed by atoms with Gasteiger partial charge in [-0.3, -0.25) is 19.3 Å².